The van der Waals surface area contributed by atoms with Crippen molar-refractivity contribution in [2.24, 2.45) is 39.6 Å². The van der Waals surface area contributed by atoms with E-state index in [4.69, 9.17) is 10.8 Å². The number of hydrazone groups is 1. The van der Waals surface area contributed by atoms with Gasteiger partial charge in [-0.1, -0.05) is 13.8 Å². The number of benzene rings is 1. The standard InChI is InChI=1S/C28H40N4O6/c1-27-13-11-22(28(2)12-10-19(33)15-25(28)34)20(21(27)8-6-17(27)4-3-5-26(35)36)16-30-31-24-9-7-18(32(37)38)14-23(24)29/h7,9,14,16-17,19-22,31,33H,3-6,8,10-13,15,29H2,1-2H3,(H,35,36)/b30-16+/t17-,19-,20?,21?,22?,27+,28+/m0/s1. The maximum atomic E-state index is 13.3. The number of carboxylic acids is 1. The molecule has 3 saturated carbocycles. The minimum atomic E-state index is -0.763. The summed E-state index contributed by atoms with van der Waals surface area (Å²) in [4.78, 5) is 34.9. The molecule has 1 aromatic carbocycles. The summed E-state index contributed by atoms with van der Waals surface area (Å²) < 4.78 is 0. The quantitative estimate of drug-likeness (QED) is 0.150. The summed E-state index contributed by atoms with van der Waals surface area (Å²) in [6, 6.07) is 4.21. The number of hydrogen-bond donors (Lipinski definition) is 4. The van der Waals surface area contributed by atoms with Crippen molar-refractivity contribution in [2.45, 2.75) is 84.2 Å². The molecule has 0 spiro atoms. The molecule has 5 N–H and O–H groups in total. The largest absolute Gasteiger partial charge is 0.481 e. The zero-order valence-electron chi connectivity index (χ0n) is 22.3. The molecule has 0 radical (unpaired) electrons. The number of nitro benzene ring substituents is 1. The number of non-ortho nitro benzene ring substituents is 1. The third kappa shape index (κ3) is 5.41. The molecule has 1 aromatic rings. The first-order valence-electron chi connectivity index (χ1n) is 13.7. The fourth-order valence-electron chi connectivity index (χ4n) is 7.73. The number of fused-ring (bicyclic) bond motifs is 1. The van der Waals surface area contributed by atoms with Crippen LogP contribution in [0, 0.1) is 44.6 Å². The second kappa shape index (κ2) is 11.0. The van der Waals surface area contributed by atoms with Crippen LogP contribution in [0.25, 0.3) is 0 Å². The van der Waals surface area contributed by atoms with Gasteiger partial charge in [-0.3, -0.25) is 25.1 Å². The Hall–Kier alpha value is -3.01. The SMILES string of the molecule is C[C@]1(C2CC[C@@]3(C)C(CC[C@@H]3CCCC(=O)O)C2/C=N/Nc2ccc([N+](=O)[O-])cc2N)CC[C@H](O)CC1=O. The lowest BCUT2D eigenvalue weighted by Crippen LogP contribution is -2.51. The highest BCUT2D eigenvalue weighted by atomic mass is 16.6. The molecule has 0 bridgehead atoms. The summed E-state index contributed by atoms with van der Waals surface area (Å²) >= 11 is 0. The Labute approximate surface area is 223 Å². The van der Waals surface area contributed by atoms with Crippen LogP contribution in [0.3, 0.4) is 0 Å². The first-order chi connectivity index (χ1) is 18.0. The highest BCUT2D eigenvalue weighted by Gasteiger charge is 2.58. The van der Waals surface area contributed by atoms with Gasteiger partial charge in [-0.05, 0) is 80.6 Å². The Morgan fingerprint density at radius 3 is 2.66 bits per heavy atom. The Bertz CT molecular complexity index is 1110. The Kier molecular flexibility index (Phi) is 8.11. The van der Waals surface area contributed by atoms with Crippen LogP contribution < -0.4 is 11.2 Å². The van der Waals surface area contributed by atoms with Gasteiger partial charge in [0.2, 0.25) is 0 Å². The van der Waals surface area contributed by atoms with Gasteiger partial charge in [-0.25, -0.2) is 0 Å². The Morgan fingerprint density at radius 2 is 2.00 bits per heavy atom. The van der Waals surface area contributed by atoms with Crippen molar-refractivity contribution in [1.29, 1.82) is 0 Å². The van der Waals surface area contributed by atoms with Crippen LogP contribution in [0.1, 0.15) is 78.1 Å². The van der Waals surface area contributed by atoms with E-state index in [1.807, 2.05) is 6.21 Å². The summed E-state index contributed by atoms with van der Waals surface area (Å²) in [6.45, 7) is 4.38. The molecule has 7 atom stereocenters. The molecule has 4 rings (SSSR count). The predicted octanol–water partition coefficient (Wildman–Crippen LogP) is 5.01. The fraction of sp³-hybridized carbons (Fsp3) is 0.679. The number of Topliss-reactive ketones (excluding diaryl/α,β-unsaturated/α-hetero) is 1. The van der Waals surface area contributed by atoms with E-state index in [1.165, 1.54) is 18.2 Å². The molecule has 208 valence electrons. The summed E-state index contributed by atoms with van der Waals surface area (Å²) in [6.07, 6.45) is 8.40. The molecule has 0 heterocycles. The molecule has 3 aliphatic carbocycles. The molecule has 0 amide bonds. The number of nitrogens with zero attached hydrogens (tertiary/aromatic N) is 2. The van der Waals surface area contributed by atoms with E-state index in [0.29, 0.717) is 36.8 Å². The number of carbonyl (C=O) groups excluding carboxylic acids is 1. The number of rotatable bonds is 9. The number of nitrogens with two attached hydrogens (primary N) is 1. The average Bonchev–Trinajstić information content (AvgIpc) is 3.18. The lowest BCUT2D eigenvalue weighted by molar-refractivity contribution is -0.384. The van der Waals surface area contributed by atoms with Crippen LogP contribution in [0.4, 0.5) is 17.1 Å². The highest BCUT2D eigenvalue weighted by Crippen LogP contribution is 2.63. The van der Waals surface area contributed by atoms with Gasteiger partial charge in [0.25, 0.3) is 5.69 Å². The van der Waals surface area contributed by atoms with Crippen molar-refractivity contribution >= 4 is 35.0 Å². The third-order valence-electron chi connectivity index (χ3n) is 10.0. The van der Waals surface area contributed by atoms with Gasteiger partial charge in [0.05, 0.1) is 22.4 Å². The molecular formula is C28H40N4O6. The van der Waals surface area contributed by atoms with Crippen molar-refractivity contribution in [3.63, 3.8) is 0 Å². The third-order valence-corrected chi connectivity index (χ3v) is 10.0. The van der Waals surface area contributed by atoms with Gasteiger partial charge in [-0.2, -0.15) is 5.10 Å². The fourth-order valence-corrected chi connectivity index (χ4v) is 7.73. The van der Waals surface area contributed by atoms with Crippen LogP contribution in [0.15, 0.2) is 23.3 Å². The van der Waals surface area contributed by atoms with Crippen molar-refractivity contribution in [3.8, 4) is 0 Å². The van der Waals surface area contributed by atoms with Crippen molar-refractivity contribution < 1.29 is 24.7 Å². The van der Waals surface area contributed by atoms with E-state index in [2.05, 4.69) is 24.4 Å². The Morgan fingerprint density at radius 1 is 1.24 bits per heavy atom. The van der Waals surface area contributed by atoms with Crippen LogP contribution in [0.2, 0.25) is 0 Å². The molecule has 0 saturated heterocycles. The molecule has 10 nitrogen and oxygen atoms in total. The van der Waals surface area contributed by atoms with E-state index >= 15 is 0 Å². The summed E-state index contributed by atoms with van der Waals surface area (Å²) in [5.74, 6) is 0.186. The molecule has 0 aromatic heterocycles. The second-order valence-corrected chi connectivity index (χ2v) is 12.1. The first-order valence-corrected chi connectivity index (χ1v) is 13.7. The number of carboxylic acid groups (broad SMARTS) is 1. The van der Waals surface area contributed by atoms with Crippen LogP contribution in [-0.4, -0.2) is 39.2 Å². The molecule has 3 fully saturated rings. The lowest BCUT2D eigenvalue weighted by atomic mass is 9.50. The normalized spacial score (nSPS) is 35.2. The van der Waals surface area contributed by atoms with E-state index in [1.54, 1.807) is 0 Å². The maximum Gasteiger partial charge on any atom is 0.303 e. The average molecular weight is 529 g/mol. The summed E-state index contributed by atoms with van der Waals surface area (Å²) in [7, 11) is 0. The maximum absolute atomic E-state index is 13.3. The van der Waals surface area contributed by atoms with Gasteiger partial charge in [0, 0.05) is 42.5 Å². The number of nitro groups is 1. The number of aliphatic hydroxyl groups is 1. The van der Waals surface area contributed by atoms with Crippen LogP contribution >= 0.6 is 0 Å². The molecule has 38 heavy (non-hydrogen) atoms. The number of aliphatic hydroxyl groups excluding tert-OH is 1. The number of carbonyl (C=O) groups is 2. The predicted molar refractivity (Wildman–Crippen MR) is 145 cm³/mol. The van der Waals surface area contributed by atoms with Crippen LogP contribution in [-0.2, 0) is 9.59 Å². The first kappa shape index (κ1) is 28.0. The summed E-state index contributed by atoms with van der Waals surface area (Å²) in [5, 5.41) is 34.8. The minimum absolute atomic E-state index is 0.0224. The number of aliphatic carboxylic acids is 1. The minimum Gasteiger partial charge on any atom is -0.481 e. The number of anilines is 2. The van der Waals surface area contributed by atoms with E-state index in [-0.39, 0.29) is 47.3 Å². The van der Waals surface area contributed by atoms with E-state index < -0.39 is 22.4 Å². The van der Waals surface area contributed by atoms with Crippen molar-refractivity contribution in [2.75, 3.05) is 11.2 Å². The van der Waals surface area contributed by atoms with Gasteiger partial charge < -0.3 is 15.9 Å². The zero-order valence-corrected chi connectivity index (χ0v) is 22.3. The second-order valence-electron chi connectivity index (χ2n) is 12.1. The monoisotopic (exact) mass is 528 g/mol. The van der Waals surface area contributed by atoms with E-state index in [9.17, 15) is 24.8 Å². The van der Waals surface area contributed by atoms with Crippen molar-refractivity contribution in [1.82, 2.24) is 0 Å². The van der Waals surface area contributed by atoms with Gasteiger partial charge >= 0.3 is 5.97 Å². The zero-order chi connectivity index (χ0) is 27.7. The highest BCUT2D eigenvalue weighted by molar-refractivity contribution is 5.86. The molecule has 10 heteroatoms. The van der Waals surface area contributed by atoms with Gasteiger partial charge in [0.1, 0.15) is 5.78 Å². The molecular weight excluding hydrogens is 488 g/mol. The summed E-state index contributed by atoms with van der Waals surface area (Å²) in [5.41, 5.74) is 9.09. The van der Waals surface area contributed by atoms with Crippen molar-refractivity contribution in [3.05, 3.63) is 28.3 Å². The van der Waals surface area contributed by atoms with Gasteiger partial charge in [0.15, 0.2) is 0 Å². The van der Waals surface area contributed by atoms with Gasteiger partial charge in [-0.15, -0.1) is 0 Å². The smallest absolute Gasteiger partial charge is 0.303 e. The lowest BCUT2D eigenvalue weighted by Gasteiger charge is -2.53. The number of nitrogens with one attached hydrogen (secondary N) is 1. The molecule has 0 aliphatic heterocycles. The number of ketones is 1. The topological polar surface area (TPSA) is 168 Å². The molecule has 3 aliphatic rings. The van der Waals surface area contributed by atoms with Crippen LogP contribution in [0.5, 0.6) is 0 Å². The molecule has 3 unspecified atom stereocenters. The van der Waals surface area contributed by atoms with E-state index in [0.717, 1.165) is 32.1 Å². The number of nitrogen functional groups attached to an aromatic ring is 1. The number of hydrogen-bond acceptors (Lipinski definition) is 8. The Balaban J connectivity index is 1.59.